The molecule has 1 amide bonds. The van der Waals surface area contributed by atoms with Crippen molar-refractivity contribution in [3.63, 3.8) is 0 Å². The number of aliphatic hydroxyl groups is 1. The fourth-order valence-corrected chi connectivity index (χ4v) is 1.77. The topological polar surface area (TPSA) is 40.5 Å². The summed E-state index contributed by atoms with van der Waals surface area (Å²) >= 11 is 0. The smallest absolute Gasteiger partial charge is 0.225 e. The Hall–Kier alpha value is -0.570. The van der Waals surface area contributed by atoms with Gasteiger partial charge >= 0.3 is 0 Å². The maximum absolute atomic E-state index is 11.8. The van der Waals surface area contributed by atoms with E-state index in [1.165, 1.54) is 19.3 Å². The van der Waals surface area contributed by atoms with E-state index in [1.54, 1.807) is 0 Å². The fraction of sp³-hybridized carbons (Fsp3) is 0.917. The average Bonchev–Trinajstić information content (AvgIpc) is 3.05. The van der Waals surface area contributed by atoms with Gasteiger partial charge in [-0.1, -0.05) is 26.2 Å². The van der Waals surface area contributed by atoms with Crippen molar-refractivity contribution < 1.29 is 9.90 Å². The Bertz CT molecular complexity index is 190. The third kappa shape index (κ3) is 4.65. The molecule has 0 atom stereocenters. The molecule has 15 heavy (non-hydrogen) atoms. The summed E-state index contributed by atoms with van der Waals surface area (Å²) in [5.74, 6) is 0.545. The van der Waals surface area contributed by atoms with Crippen molar-refractivity contribution in [2.45, 2.75) is 45.4 Å². The largest absolute Gasteiger partial charge is 0.395 e. The monoisotopic (exact) mass is 213 g/mol. The molecule has 0 aliphatic heterocycles. The molecule has 0 aromatic heterocycles. The zero-order valence-electron chi connectivity index (χ0n) is 9.74. The van der Waals surface area contributed by atoms with E-state index in [9.17, 15) is 4.79 Å². The number of aliphatic hydroxyl groups excluding tert-OH is 1. The number of carbonyl (C=O) groups excluding carboxylic acids is 1. The Morgan fingerprint density at radius 2 is 2.00 bits per heavy atom. The molecule has 1 fully saturated rings. The molecule has 0 saturated heterocycles. The van der Waals surface area contributed by atoms with Gasteiger partial charge in [-0.3, -0.25) is 4.79 Å². The molecular formula is C12H23NO2. The van der Waals surface area contributed by atoms with Crippen LogP contribution >= 0.6 is 0 Å². The van der Waals surface area contributed by atoms with Crippen molar-refractivity contribution in [2.75, 3.05) is 19.7 Å². The number of carbonyl (C=O) groups is 1. The summed E-state index contributed by atoms with van der Waals surface area (Å²) in [6.45, 7) is 3.62. The van der Waals surface area contributed by atoms with Gasteiger partial charge in [-0.15, -0.1) is 0 Å². The molecule has 1 N–H and O–H groups in total. The molecule has 0 heterocycles. The quantitative estimate of drug-likeness (QED) is 0.625. The maximum atomic E-state index is 11.8. The summed E-state index contributed by atoms with van der Waals surface area (Å²) in [6.07, 6.45) is 6.83. The molecule has 0 aromatic carbocycles. The lowest BCUT2D eigenvalue weighted by Gasteiger charge is -2.21. The van der Waals surface area contributed by atoms with Crippen LogP contribution in [0, 0.1) is 5.92 Å². The van der Waals surface area contributed by atoms with Gasteiger partial charge in [0.25, 0.3) is 0 Å². The number of unbranched alkanes of at least 4 members (excludes halogenated alkanes) is 3. The van der Waals surface area contributed by atoms with Crippen LogP contribution in [0.1, 0.15) is 45.4 Å². The van der Waals surface area contributed by atoms with Crippen molar-refractivity contribution in [3.8, 4) is 0 Å². The zero-order chi connectivity index (χ0) is 11.1. The van der Waals surface area contributed by atoms with Gasteiger partial charge in [0.1, 0.15) is 0 Å². The lowest BCUT2D eigenvalue weighted by molar-refractivity contribution is -0.133. The molecule has 3 nitrogen and oxygen atoms in total. The highest BCUT2D eigenvalue weighted by Crippen LogP contribution is 2.31. The third-order valence-corrected chi connectivity index (χ3v) is 2.89. The van der Waals surface area contributed by atoms with Gasteiger partial charge in [0, 0.05) is 19.0 Å². The highest BCUT2D eigenvalue weighted by molar-refractivity contribution is 5.81. The van der Waals surface area contributed by atoms with Crippen molar-refractivity contribution in [2.24, 2.45) is 5.92 Å². The van der Waals surface area contributed by atoms with E-state index in [0.717, 1.165) is 25.8 Å². The Labute approximate surface area is 92.5 Å². The number of amides is 1. The van der Waals surface area contributed by atoms with Gasteiger partial charge in [-0.05, 0) is 19.3 Å². The first kappa shape index (κ1) is 12.5. The van der Waals surface area contributed by atoms with Crippen LogP contribution in [0.2, 0.25) is 0 Å². The van der Waals surface area contributed by atoms with Crippen LogP contribution in [0.5, 0.6) is 0 Å². The van der Waals surface area contributed by atoms with Crippen LogP contribution < -0.4 is 0 Å². The summed E-state index contributed by atoms with van der Waals surface area (Å²) in [5.41, 5.74) is 0. The lowest BCUT2D eigenvalue weighted by Crippen LogP contribution is -2.35. The predicted octanol–water partition coefficient (Wildman–Crippen LogP) is 1.80. The van der Waals surface area contributed by atoms with E-state index in [1.807, 2.05) is 4.90 Å². The second-order valence-corrected chi connectivity index (χ2v) is 4.38. The molecule has 0 radical (unpaired) electrons. The van der Waals surface area contributed by atoms with Gasteiger partial charge in [0.05, 0.1) is 6.61 Å². The highest BCUT2D eigenvalue weighted by atomic mass is 16.3. The van der Waals surface area contributed by atoms with Gasteiger partial charge in [0.15, 0.2) is 0 Å². The van der Waals surface area contributed by atoms with Crippen LogP contribution in [0.3, 0.4) is 0 Å². The van der Waals surface area contributed by atoms with Crippen LogP contribution in [-0.4, -0.2) is 35.6 Å². The van der Waals surface area contributed by atoms with E-state index < -0.39 is 0 Å². The van der Waals surface area contributed by atoms with Crippen LogP contribution in [0.4, 0.5) is 0 Å². The molecule has 0 unspecified atom stereocenters. The first-order valence-electron chi connectivity index (χ1n) is 6.19. The van der Waals surface area contributed by atoms with Crippen LogP contribution in [-0.2, 0) is 4.79 Å². The predicted molar refractivity (Wildman–Crippen MR) is 60.5 cm³/mol. The second kappa shape index (κ2) is 6.83. The molecule has 3 heteroatoms. The number of nitrogens with zero attached hydrogens (tertiary/aromatic N) is 1. The molecule has 0 spiro atoms. The SMILES string of the molecule is CCCCCCN(CCO)C(=O)C1CC1. The Balaban J connectivity index is 2.20. The van der Waals surface area contributed by atoms with Crippen molar-refractivity contribution in [3.05, 3.63) is 0 Å². The molecule has 0 aromatic rings. The summed E-state index contributed by atoms with van der Waals surface area (Å²) in [5, 5.41) is 8.90. The Morgan fingerprint density at radius 3 is 2.53 bits per heavy atom. The summed E-state index contributed by atoms with van der Waals surface area (Å²) in [7, 11) is 0. The van der Waals surface area contributed by atoms with E-state index in [-0.39, 0.29) is 18.4 Å². The zero-order valence-corrected chi connectivity index (χ0v) is 9.74. The Morgan fingerprint density at radius 1 is 1.27 bits per heavy atom. The molecule has 88 valence electrons. The van der Waals surface area contributed by atoms with Gasteiger partial charge in [0.2, 0.25) is 5.91 Å². The maximum Gasteiger partial charge on any atom is 0.225 e. The van der Waals surface area contributed by atoms with Crippen LogP contribution in [0.25, 0.3) is 0 Å². The molecular weight excluding hydrogens is 190 g/mol. The molecule has 1 aliphatic rings. The first-order chi connectivity index (χ1) is 7.29. The van der Waals surface area contributed by atoms with E-state index in [4.69, 9.17) is 5.11 Å². The van der Waals surface area contributed by atoms with E-state index in [2.05, 4.69) is 6.92 Å². The molecule has 1 aliphatic carbocycles. The minimum Gasteiger partial charge on any atom is -0.395 e. The summed E-state index contributed by atoms with van der Waals surface area (Å²) < 4.78 is 0. The number of hydrogen-bond acceptors (Lipinski definition) is 2. The molecule has 0 bridgehead atoms. The van der Waals surface area contributed by atoms with Gasteiger partial charge in [-0.25, -0.2) is 0 Å². The summed E-state index contributed by atoms with van der Waals surface area (Å²) in [6, 6.07) is 0. The second-order valence-electron chi connectivity index (χ2n) is 4.38. The number of hydrogen-bond donors (Lipinski definition) is 1. The van der Waals surface area contributed by atoms with Gasteiger partial charge < -0.3 is 10.0 Å². The van der Waals surface area contributed by atoms with Crippen LogP contribution in [0.15, 0.2) is 0 Å². The Kier molecular flexibility index (Phi) is 5.69. The standard InChI is InChI=1S/C12H23NO2/c1-2-3-4-5-8-13(9-10-14)12(15)11-6-7-11/h11,14H,2-10H2,1H3. The van der Waals surface area contributed by atoms with Crippen molar-refractivity contribution in [1.82, 2.24) is 4.90 Å². The first-order valence-corrected chi connectivity index (χ1v) is 6.19. The lowest BCUT2D eigenvalue weighted by atomic mass is 10.2. The number of rotatable bonds is 8. The van der Waals surface area contributed by atoms with Crippen molar-refractivity contribution in [1.29, 1.82) is 0 Å². The average molecular weight is 213 g/mol. The summed E-state index contributed by atoms with van der Waals surface area (Å²) in [4.78, 5) is 13.6. The van der Waals surface area contributed by atoms with E-state index in [0.29, 0.717) is 6.54 Å². The van der Waals surface area contributed by atoms with Crippen molar-refractivity contribution >= 4 is 5.91 Å². The minimum atomic E-state index is 0.0895. The highest BCUT2D eigenvalue weighted by Gasteiger charge is 2.32. The fourth-order valence-electron chi connectivity index (χ4n) is 1.77. The molecule has 1 saturated carbocycles. The third-order valence-electron chi connectivity index (χ3n) is 2.89. The normalized spacial score (nSPS) is 15.3. The molecule has 1 rings (SSSR count). The van der Waals surface area contributed by atoms with Gasteiger partial charge in [-0.2, -0.15) is 0 Å². The van der Waals surface area contributed by atoms with E-state index >= 15 is 0 Å². The minimum absolute atomic E-state index is 0.0895.